The highest BCUT2D eigenvalue weighted by atomic mass is 28.4. The van der Waals surface area contributed by atoms with Crippen LogP contribution in [0.1, 0.15) is 101 Å². The predicted molar refractivity (Wildman–Crippen MR) is 370 cm³/mol. The van der Waals surface area contributed by atoms with E-state index >= 15 is 0 Å². The molecule has 6 aromatic carbocycles. The largest absolute Gasteiger partial charge is 0.405 e. The van der Waals surface area contributed by atoms with Gasteiger partial charge in [0.15, 0.2) is 25.2 Å². The van der Waals surface area contributed by atoms with E-state index in [2.05, 4.69) is 169 Å². The summed E-state index contributed by atoms with van der Waals surface area (Å²) >= 11 is 0. The maximum Gasteiger partial charge on any atom is 0.261 e. The third-order valence-electron chi connectivity index (χ3n) is 20.3. The van der Waals surface area contributed by atoms with Gasteiger partial charge in [0.2, 0.25) is 0 Å². The lowest BCUT2D eigenvalue weighted by Crippen LogP contribution is -2.68. The summed E-state index contributed by atoms with van der Waals surface area (Å²) < 4.78 is 85.4. The Labute approximate surface area is 560 Å². The topological polar surface area (TPSA) is 180 Å². The van der Waals surface area contributed by atoms with E-state index < -0.39 is 127 Å². The van der Waals surface area contributed by atoms with Crippen LogP contribution in [-0.2, 0) is 69.4 Å². The molecule has 506 valence electrons. The van der Waals surface area contributed by atoms with Crippen molar-refractivity contribution in [3.63, 3.8) is 0 Å². The molecule has 4 aliphatic heterocycles. The Hall–Kier alpha value is -5.46. The van der Waals surface area contributed by atoms with E-state index in [1.165, 1.54) is 0 Å². The first-order valence-corrected chi connectivity index (χ1v) is 37.6. The average molecular weight is 1320 g/mol. The molecule has 0 aliphatic carbocycles. The van der Waals surface area contributed by atoms with E-state index in [-0.39, 0.29) is 48.3 Å². The van der Waals surface area contributed by atoms with E-state index in [1.807, 2.05) is 113 Å². The number of aliphatic hydroxyl groups excluding tert-OH is 1. The number of hydrogen-bond acceptors (Lipinski definition) is 14. The van der Waals surface area contributed by atoms with Crippen LogP contribution in [0.25, 0.3) is 10.4 Å². The third-order valence-corrected chi connectivity index (χ3v) is 30.3. The van der Waals surface area contributed by atoms with Gasteiger partial charge < -0.3 is 61.3 Å². The van der Waals surface area contributed by atoms with Gasteiger partial charge in [-0.05, 0) is 73.2 Å². The molecule has 94 heavy (non-hydrogen) atoms. The molecule has 4 heterocycles. The normalized spacial score (nSPS) is 31.9. The molecule has 4 fully saturated rings. The molecule has 4 saturated heterocycles. The zero-order valence-corrected chi connectivity index (χ0v) is 59.4. The van der Waals surface area contributed by atoms with Crippen LogP contribution in [0.15, 0.2) is 187 Å². The number of azide groups is 1. The summed E-state index contributed by atoms with van der Waals surface area (Å²) in [4.78, 5) is 3.46. The van der Waals surface area contributed by atoms with Crippen LogP contribution >= 0.6 is 0 Å². The Balaban J connectivity index is 0.984. The van der Waals surface area contributed by atoms with Crippen molar-refractivity contribution in [1.82, 2.24) is 0 Å². The molecule has 16 nitrogen and oxygen atoms in total. The summed E-state index contributed by atoms with van der Waals surface area (Å²) in [5.41, 5.74) is 12.5. The molecule has 20 atom stereocenters. The molecule has 0 aromatic heterocycles. The second kappa shape index (κ2) is 31.4. The summed E-state index contributed by atoms with van der Waals surface area (Å²) in [6.07, 6.45) is -10.4. The van der Waals surface area contributed by atoms with E-state index in [0.29, 0.717) is 0 Å². The van der Waals surface area contributed by atoms with E-state index in [4.69, 9.17) is 56.2 Å². The van der Waals surface area contributed by atoms with Crippen molar-refractivity contribution < 1.29 is 61.3 Å². The van der Waals surface area contributed by atoms with Gasteiger partial charge in [0, 0.05) is 29.8 Å². The van der Waals surface area contributed by atoms with Gasteiger partial charge >= 0.3 is 0 Å². The zero-order valence-electron chi connectivity index (χ0n) is 57.4. The van der Waals surface area contributed by atoms with Gasteiger partial charge in [0.05, 0.1) is 69.1 Å². The second-order valence-electron chi connectivity index (χ2n) is 28.5. The second-order valence-corrected chi connectivity index (χ2v) is 37.1. The number of benzene rings is 6. The fourth-order valence-electron chi connectivity index (χ4n) is 14.9. The molecule has 0 bridgehead atoms. The fraction of sp³-hybridized carbons (Fsp3) is 0.526. The van der Waals surface area contributed by atoms with Crippen LogP contribution < -0.4 is 20.7 Å². The van der Waals surface area contributed by atoms with Gasteiger partial charge in [-0.25, -0.2) is 0 Å². The Morgan fingerprint density at radius 3 is 1.19 bits per heavy atom. The number of hydrogen-bond donors (Lipinski definition) is 1. The minimum Gasteiger partial charge on any atom is -0.405 e. The van der Waals surface area contributed by atoms with Gasteiger partial charge in [-0.3, -0.25) is 0 Å². The fourth-order valence-corrected chi connectivity index (χ4v) is 24.0. The maximum atomic E-state index is 11.7. The van der Waals surface area contributed by atoms with Crippen molar-refractivity contribution in [2.45, 2.75) is 206 Å². The van der Waals surface area contributed by atoms with Crippen LogP contribution in [0, 0.1) is 29.6 Å². The van der Waals surface area contributed by atoms with E-state index in [0.717, 1.165) is 31.9 Å². The van der Waals surface area contributed by atoms with Crippen molar-refractivity contribution >= 4 is 37.4 Å². The lowest BCUT2D eigenvalue weighted by Gasteiger charge is -2.52. The lowest BCUT2D eigenvalue weighted by molar-refractivity contribution is -0.363. The van der Waals surface area contributed by atoms with Crippen LogP contribution in [0.5, 0.6) is 0 Å². The maximum absolute atomic E-state index is 11.7. The van der Waals surface area contributed by atoms with Gasteiger partial charge in [-0.2, -0.15) is 0 Å². The smallest absolute Gasteiger partial charge is 0.261 e. The van der Waals surface area contributed by atoms with Crippen LogP contribution in [-0.4, -0.2) is 134 Å². The summed E-state index contributed by atoms with van der Waals surface area (Å²) in [6.45, 7) is 28.5. The highest BCUT2D eigenvalue weighted by Gasteiger charge is 2.57. The molecule has 10 rings (SSSR count). The summed E-state index contributed by atoms with van der Waals surface area (Å²) in [7, 11) is -4.56. The monoisotopic (exact) mass is 1320 g/mol. The molecule has 8 unspecified atom stereocenters. The van der Waals surface area contributed by atoms with Crippen LogP contribution in [0.3, 0.4) is 0 Å². The highest BCUT2D eigenvalue weighted by molar-refractivity contribution is 7.00. The van der Waals surface area contributed by atoms with Crippen LogP contribution in [0.4, 0.5) is 0 Å². The number of methoxy groups -OCH3 is 1. The molecule has 4 aliphatic rings. The number of aliphatic hydroxyl groups is 1. The quantitative estimate of drug-likeness (QED) is 0.0262. The zero-order chi connectivity index (χ0) is 67.0. The number of nitrogens with zero attached hydrogens (tertiary/aromatic N) is 3. The third kappa shape index (κ3) is 15.3. The lowest BCUT2D eigenvalue weighted by atomic mass is 9.84. The first-order valence-electron chi connectivity index (χ1n) is 33.8. The summed E-state index contributed by atoms with van der Waals surface area (Å²) in [5.74, 6) is -1.59. The van der Waals surface area contributed by atoms with Crippen molar-refractivity contribution in [1.29, 1.82) is 0 Å². The first kappa shape index (κ1) is 71.3. The SMILES string of the molecule is CO[C@@H]1OC(CO[Si](c2ccccc2)(c2ccccc2)C(C)(C)C)[C@@H](O[C@@H]2OC(C)[C@@H](O[C@H]3OC(CO[Si](c4ccccc4)(c4ccccc4)C(C)(C)C)[C@@H](O[C@@H]4OC(C)[C@@H](O)[C@@H](OCc5ccccc5)C4C)[C@H](C)C3N=[N+]=[N-])[C@@H](OCc3ccccc3)C2C)[C@H](C)C1C. The van der Waals surface area contributed by atoms with Crippen molar-refractivity contribution in [2.24, 2.45) is 34.7 Å². The number of ether oxygens (including phenoxy) is 10. The predicted octanol–water partition coefficient (Wildman–Crippen LogP) is 12.3. The van der Waals surface area contributed by atoms with Gasteiger partial charge in [-0.1, -0.05) is 263 Å². The van der Waals surface area contributed by atoms with Crippen LogP contribution in [0.2, 0.25) is 10.1 Å². The Morgan fingerprint density at radius 1 is 0.426 bits per heavy atom. The van der Waals surface area contributed by atoms with Gasteiger partial charge in [0.1, 0.15) is 24.4 Å². The standard InChI is InChI=1S/C76H101N3O13Si2/c1-49-50(2)71(81-14)88-62(47-84-93(75(8,9)10,58-37-25-17-26-38-58)59-39-27-18-28-40-59)66(49)90-73-53(5)69(83-46-57-35-23-16-24-36-57)70(55(7)87-73)92-74-64(78-79-77)51(3)67(91-72-52(4)68(65(80)54(6)86-72)82-45-56-33-21-15-22-34-56)63(89-74)48-85-94(76(11,12)13,60-41-29-19-30-42-60)61-43-31-20-32-44-61/h15-44,49-55,62-74,80H,45-48H2,1-14H3/t49-,50?,51-,52?,53?,54?,55?,62?,63?,64?,65-,66+,67+,68+,69+,70-,71-,72+,73+,74-/m1/s1. The summed E-state index contributed by atoms with van der Waals surface area (Å²) in [6, 6.07) is 61.2. The van der Waals surface area contributed by atoms with Crippen molar-refractivity contribution in [2.75, 3.05) is 20.3 Å². The molecule has 0 amide bonds. The van der Waals surface area contributed by atoms with Gasteiger partial charge in [0.25, 0.3) is 16.6 Å². The average Bonchev–Trinajstić information content (AvgIpc) is 0.755. The van der Waals surface area contributed by atoms with Crippen molar-refractivity contribution in [3.05, 3.63) is 204 Å². The molecular formula is C76H101N3O13Si2. The molecule has 18 heteroatoms. The van der Waals surface area contributed by atoms with Crippen molar-refractivity contribution in [3.8, 4) is 0 Å². The van der Waals surface area contributed by atoms with E-state index in [9.17, 15) is 10.6 Å². The molecule has 6 aromatic rings. The number of rotatable bonds is 24. The molecule has 0 spiro atoms. The van der Waals surface area contributed by atoms with E-state index in [1.54, 1.807) is 7.11 Å². The molecule has 1 N–H and O–H groups in total. The van der Waals surface area contributed by atoms with Gasteiger partial charge in [-0.15, -0.1) is 0 Å². The Bertz CT molecular complexity index is 3240. The Kier molecular flexibility index (Phi) is 23.8. The minimum absolute atomic E-state index is 0.0558. The first-order chi connectivity index (χ1) is 45.1. The minimum atomic E-state index is -3.22. The highest BCUT2D eigenvalue weighted by Crippen LogP contribution is 2.45. The molecule has 0 radical (unpaired) electrons. The Morgan fingerprint density at radius 2 is 0.787 bits per heavy atom. The summed E-state index contributed by atoms with van der Waals surface area (Å²) in [5, 5.41) is 20.0. The molecule has 0 saturated carbocycles. The molecular weight excluding hydrogens is 1220 g/mol.